The maximum atomic E-state index is 5.91. The number of hydrogen-bond donors (Lipinski definition) is 0. The van der Waals surface area contributed by atoms with Gasteiger partial charge in [0.15, 0.2) is 0 Å². The highest BCUT2D eigenvalue weighted by molar-refractivity contribution is 5.91. The standard InChI is InChI=1S/C29H32N2O/c1-4-20-31-26(24-16-10-6-11-17-24)21-27(30-32-22-23-14-8-5-9-15-23)29(2,3)28(31)25-18-12-7-13-19-25/h4-19,26,28H,1,20-22H2,2-3H3/b30-27+/t26-,28-/m0/s1. The predicted octanol–water partition coefficient (Wildman–Crippen LogP) is 6.96. The quantitative estimate of drug-likeness (QED) is 0.302. The van der Waals surface area contributed by atoms with Crippen molar-refractivity contribution in [3.63, 3.8) is 0 Å². The third kappa shape index (κ3) is 4.68. The van der Waals surface area contributed by atoms with Gasteiger partial charge in [-0.3, -0.25) is 4.90 Å². The van der Waals surface area contributed by atoms with E-state index in [1.807, 2.05) is 24.3 Å². The van der Waals surface area contributed by atoms with E-state index in [0.29, 0.717) is 6.61 Å². The van der Waals surface area contributed by atoms with Crippen molar-refractivity contribution >= 4 is 5.71 Å². The van der Waals surface area contributed by atoms with Crippen molar-refractivity contribution in [3.05, 3.63) is 120 Å². The molecule has 2 atom stereocenters. The van der Waals surface area contributed by atoms with Gasteiger partial charge in [-0.25, -0.2) is 0 Å². The molecule has 0 aliphatic carbocycles. The van der Waals surface area contributed by atoms with Gasteiger partial charge in [0.2, 0.25) is 0 Å². The molecule has 3 heteroatoms. The van der Waals surface area contributed by atoms with Gasteiger partial charge in [0, 0.05) is 30.5 Å². The van der Waals surface area contributed by atoms with Crippen LogP contribution >= 0.6 is 0 Å². The molecule has 3 nitrogen and oxygen atoms in total. The molecule has 1 fully saturated rings. The Morgan fingerprint density at radius 3 is 2.06 bits per heavy atom. The number of oxime groups is 1. The lowest BCUT2D eigenvalue weighted by atomic mass is 9.69. The molecule has 1 heterocycles. The van der Waals surface area contributed by atoms with E-state index in [-0.39, 0.29) is 17.5 Å². The Morgan fingerprint density at radius 1 is 0.906 bits per heavy atom. The van der Waals surface area contributed by atoms with Crippen LogP contribution in [0, 0.1) is 5.41 Å². The highest BCUT2D eigenvalue weighted by Gasteiger charge is 2.47. The Morgan fingerprint density at radius 2 is 1.47 bits per heavy atom. The smallest absolute Gasteiger partial charge is 0.142 e. The molecule has 0 aromatic heterocycles. The average Bonchev–Trinajstić information content (AvgIpc) is 2.82. The van der Waals surface area contributed by atoms with Crippen LogP contribution < -0.4 is 0 Å². The van der Waals surface area contributed by atoms with E-state index in [1.165, 1.54) is 11.1 Å². The maximum absolute atomic E-state index is 5.91. The van der Waals surface area contributed by atoms with Gasteiger partial charge in [0.1, 0.15) is 6.61 Å². The van der Waals surface area contributed by atoms with Gasteiger partial charge in [-0.2, -0.15) is 0 Å². The molecule has 3 aromatic carbocycles. The fourth-order valence-electron chi connectivity index (χ4n) is 4.84. The van der Waals surface area contributed by atoms with E-state index < -0.39 is 0 Å². The normalized spacial score (nSPS) is 21.9. The third-order valence-electron chi connectivity index (χ3n) is 6.43. The highest BCUT2D eigenvalue weighted by Crippen LogP contribution is 2.50. The number of hydrogen-bond acceptors (Lipinski definition) is 3. The van der Waals surface area contributed by atoms with E-state index in [2.05, 4.69) is 98.1 Å². The van der Waals surface area contributed by atoms with Crippen LogP contribution in [0.3, 0.4) is 0 Å². The van der Waals surface area contributed by atoms with E-state index in [1.54, 1.807) is 0 Å². The van der Waals surface area contributed by atoms with Crippen molar-refractivity contribution in [2.45, 2.75) is 39.0 Å². The summed E-state index contributed by atoms with van der Waals surface area (Å²) in [6, 6.07) is 32.0. The SMILES string of the molecule is C=CCN1[C@@H](c2ccccc2)C(C)(C)/C(=N/OCc2ccccc2)C[C@H]1c1ccccc1. The van der Waals surface area contributed by atoms with Crippen molar-refractivity contribution in [3.8, 4) is 0 Å². The zero-order valence-electron chi connectivity index (χ0n) is 19.0. The lowest BCUT2D eigenvalue weighted by molar-refractivity contribution is 0.0593. The molecule has 4 rings (SSSR count). The molecule has 32 heavy (non-hydrogen) atoms. The minimum absolute atomic E-state index is 0.153. The molecule has 0 radical (unpaired) electrons. The van der Waals surface area contributed by atoms with Gasteiger partial charge in [0.25, 0.3) is 0 Å². The molecule has 0 unspecified atom stereocenters. The second-order valence-electron chi connectivity index (χ2n) is 8.95. The van der Waals surface area contributed by atoms with E-state index >= 15 is 0 Å². The summed E-state index contributed by atoms with van der Waals surface area (Å²) in [5.74, 6) is 0. The van der Waals surface area contributed by atoms with Crippen LogP contribution in [0.4, 0.5) is 0 Å². The molecule has 0 saturated carbocycles. The predicted molar refractivity (Wildman–Crippen MR) is 132 cm³/mol. The molecular weight excluding hydrogens is 392 g/mol. The fourth-order valence-corrected chi connectivity index (χ4v) is 4.84. The summed E-state index contributed by atoms with van der Waals surface area (Å²) in [5, 5.41) is 4.74. The van der Waals surface area contributed by atoms with Crippen molar-refractivity contribution in [2.75, 3.05) is 6.54 Å². The molecule has 3 aromatic rings. The van der Waals surface area contributed by atoms with Crippen LogP contribution in [0.25, 0.3) is 0 Å². The Balaban J connectivity index is 1.73. The summed E-state index contributed by atoms with van der Waals surface area (Å²) in [6.07, 6.45) is 2.83. The Bertz CT molecular complexity index is 1030. The molecule has 0 N–H and O–H groups in total. The van der Waals surface area contributed by atoms with Gasteiger partial charge >= 0.3 is 0 Å². The number of rotatable bonds is 7. The molecule has 1 aliphatic heterocycles. The second kappa shape index (κ2) is 9.97. The van der Waals surface area contributed by atoms with E-state index in [0.717, 1.165) is 24.2 Å². The summed E-state index contributed by atoms with van der Waals surface area (Å²) < 4.78 is 0. The van der Waals surface area contributed by atoms with Crippen LogP contribution in [-0.4, -0.2) is 17.2 Å². The van der Waals surface area contributed by atoms with Crippen molar-refractivity contribution in [1.29, 1.82) is 0 Å². The molecule has 0 spiro atoms. The highest BCUT2D eigenvalue weighted by atomic mass is 16.6. The topological polar surface area (TPSA) is 24.8 Å². The minimum atomic E-state index is -0.202. The lowest BCUT2D eigenvalue weighted by Gasteiger charge is -2.51. The Labute approximate surface area is 192 Å². The number of benzene rings is 3. The molecule has 1 aliphatic rings. The first kappa shape index (κ1) is 22.0. The van der Waals surface area contributed by atoms with Crippen LogP contribution in [0.5, 0.6) is 0 Å². The number of likely N-dealkylation sites (tertiary alicyclic amines) is 1. The molecule has 164 valence electrons. The van der Waals surface area contributed by atoms with Crippen molar-refractivity contribution in [1.82, 2.24) is 4.90 Å². The van der Waals surface area contributed by atoms with Crippen LogP contribution in [0.2, 0.25) is 0 Å². The first-order valence-corrected chi connectivity index (χ1v) is 11.3. The summed E-state index contributed by atoms with van der Waals surface area (Å²) in [5.41, 5.74) is 4.60. The molecule has 1 saturated heterocycles. The zero-order valence-corrected chi connectivity index (χ0v) is 19.0. The first-order valence-electron chi connectivity index (χ1n) is 11.3. The molecule has 0 amide bonds. The van der Waals surface area contributed by atoms with Gasteiger partial charge in [0.05, 0.1) is 5.71 Å². The Kier molecular flexibility index (Phi) is 6.87. The van der Waals surface area contributed by atoms with Gasteiger partial charge < -0.3 is 4.84 Å². The van der Waals surface area contributed by atoms with Gasteiger partial charge in [-0.1, -0.05) is 116 Å². The fraction of sp³-hybridized carbons (Fsp3) is 0.276. The van der Waals surface area contributed by atoms with Crippen molar-refractivity contribution in [2.24, 2.45) is 10.6 Å². The minimum Gasteiger partial charge on any atom is -0.391 e. The summed E-state index contributed by atoms with van der Waals surface area (Å²) >= 11 is 0. The third-order valence-corrected chi connectivity index (χ3v) is 6.43. The van der Waals surface area contributed by atoms with Crippen LogP contribution in [-0.2, 0) is 11.4 Å². The number of piperidine rings is 1. The van der Waals surface area contributed by atoms with E-state index in [9.17, 15) is 0 Å². The van der Waals surface area contributed by atoms with Crippen molar-refractivity contribution < 1.29 is 4.84 Å². The van der Waals surface area contributed by atoms with Crippen LogP contribution in [0.15, 0.2) is 109 Å². The largest absolute Gasteiger partial charge is 0.391 e. The average molecular weight is 425 g/mol. The molecule has 0 bridgehead atoms. The lowest BCUT2D eigenvalue weighted by Crippen LogP contribution is -2.50. The zero-order chi connectivity index (χ0) is 22.4. The van der Waals surface area contributed by atoms with Gasteiger partial charge in [-0.15, -0.1) is 6.58 Å². The number of nitrogens with zero attached hydrogens (tertiary/aromatic N) is 2. The van der Waals surface area contributed by atoms with Crippen LogP contribution in [0.1, 0.15) is 49.0 Å². The molecular formula is C29H32N2O. The Hall–Kier alpha value is -3.17. The van der Waals surface area contributed by atoms with E-state index in [4.69, 9.17) is 9.99 Å². The maximum Gasteiger partial charge on any atom is 0.142 e. The summed E-state index contributed by atoms with van der Waals surface area (Å²) in [6.45, 7) is 9.91. The monoisotopic (exact) mass is 424 g/mol. The summed E-state index contributed by atoms with van der Waals surface area (Å²) in [7, 11) is 0. The summed E-state index contributed by atoms with van der Waals surface area (Å²) in [4.78, 5) is 8.47. The first-order chi connectivity index (χ1) is 15.6. The van der Waals surface area contributed by atoms with Gasteiger partial charge in [-0.05, 0) is 16.7 Å². The second-order valence-corrected chi connectivity index (χ2v) is 8.95.